The SMILES string of the molecule is COC(=O)C[C@H]1CC[C@H](OC)[C@@H]([C@@H](C)OC2(O)CCCCC2)O1. The average molecular weight is 330 g/mol. The Bertz CT molecular complexity index is 379. The summed E-state index contributed by atoms with van der Waals surface area (Å²) >= 11 is 0. The van der Waals surface area contributed by atoms with Crippen molar-refractivity contribution in [3.05, 3.63) is 0 Å². The molecule has 1 N–H and O–H groups in total. The Morgan fingerprint density at radius 3 is 2.57 bits per heavy atom. The molecule has 0 spiro atoms. The predicted octanol–water partition coefficient (Wildman–Crippen LogP) is 2.17. The van der Waals surface area contributed by atoms with E-state index in [9.17, 15) is 9.90 Å². The highest BCUT2D eigenvalue weighted by atomic mass is 16.6. The third-order valence-corrected chi connectivity index (χ3v) is 4.92. The van der Waals surface area contributed by atoms with Gasteiger partial charge in [0.25, 0.3) is 0 Å². The van der Waals surface area contributed by atoms with E-state index in [0.29, 0.717) is 12.8 Å². The molecule has 23 heavy (non-hydrogen) atoms. The Morgan fingerprint density at radius 2 is 1.96 bits per heavy atom. The second-order valence-electron chi connectivity index (χ2n) is 6.68. The summed E-state index contributed by atoms with van der Waals surface area (Å²) in [6.07, 6.45) is 5.33. The van der Waals surface area contributed by atoms with Crippen molar-refractivity contribution < 1.29 is 28.8 Å². The van der Waals surface area contributed by atoms with E-state index >= 15 is 0 Å². The number of rotatable bonds is 6. The Balaban J connectivity index is 1.96. The lowest BCUT2D eigenvalue weighted by atomic mass is 9.93. The van der Waals surface area contributed by atoms with Gasteiger partial charge in [0.05, 0.1) is 31.8 Å². The molecule has 1 saturated heterocycles. The van der Waals surface area contributed by atoms with E-state index in [1.54, 1.807) is 7.11 Å². The molecule has 0 unspecified atom stereocenters. The van der Waals surface area contributed by atoms with Crippen molar-refractivity contribution in [2.45, 2.75) is 88.5 Å². The summed E-state index contributed by atoms with van der Waals surface area (Å²) in [6.45, 7) is 1.91. The number of esters is 1. The zero-order valence-corrected chi connectivity index (χ0v) is 14.5. The van der Waals surface area contributed by atoms with E-state index in [1.165, 1.54) is 7.11 Å². The zero-order valence-electron chi connectivity index (χ0n) is 14.5. The highest BCUT2D eigenvalue weighted by Gasteiger charge is 2.40. The lowest BCUT2D eigenvalue weighted by Crippen LogP contribution is -2.50. The molecule has 0 bridgehead atoms. The lowest BCUT2D eigenvalue weighted by Gasteiger charge is -2.42. The molecule has 0 radical (unpaired) electrons. The average Bonchev–Trinajstić information content (AvgIpc) is 2.54. The van der Waals surface area contributed by atoms with Gasteiger partial charge in [0, 0.05) is 20.0 Å². The summed E-state index contributed by atoms with van der Waals surface area (Å²) < 4.78 is 22.3. The Hall–Kier alpha value is -0.690. The van der Waals surface area contributed by atoms with Gasteiger partial charge in [0.2, 0.25) is 0 Å². The molecule has 134 valence electrons. The molecule has 2 rings (SSSR count). The van der Waals surface area contributed by atoms with Gasteiger partial charge in [-0.05, 0) is 32.6 Å². The molecular formula is C17H30O6. The Labute approximate surface area is 138 Å². The van der Waals surface area contributed by atoms with Crippen LogP contribution in [-0.4, -0.2) is 55.5 Å². The topological polar surface area (TPSA) is 74.2 Å². The van der Waals surface area contributed by atoms with Crippen LogP contribution in [0, 0.1) is 0 Å². The quantitative estimate of drug-likeness (QED) is 0.594. The maximum absolute atomic E-state index is 11.5. The smallest absolute Gasteiger partial charge is 0.308 e. The monoisotopic (exact) mass is 330 g/mol. The second-order valence-corrected chi connectivity index (χ2v) is 6.68. The Morgan fingerprint density at radius 1 is 1.26 bits per heavy atom. The molecule has 1 aliphatic carbocycles. The molecule has 2 fully saturated rings. The van der Waals surface area contributed by atoms with Crippen LogP contribution in [0.4, 0.5) is 0 Å². The number of carbonyl (C=O) groups excluding carboxylic acids is 1. The second kappa shape index (κ2) is 8.42. The van der Waals surface area contributed by atoms with E-state index in [0.717, 1.165) is 32.1 Å². The summed E-state index contributed by atoms with van der Waals surface area (Å²) in [5.41, 5.74) is 0. The van der Waals surface area contributed by atoms with Crippen molar-refractivity contribution in [1.29, 1.82) is 0 Å². The summed E-state index contributed by atoms with van der Waals surface area (Å²) in [7, 11) is 3.04. The molecule has 2 aliphatic rings. The molecule has 6 nitrogen and oxygen atoms in total. The van der Waals surface area contributed by atoms with E-state index < -0.39 is 5.79 Å². The van der Waals surface area contributed by atoms with Crippen molar-refractivity contribution in [3.63, 3.8) is 0 Å². The molecule has 0 aromatic rings. The highest BCUT2D eigenvalue weighted by molar-refractivity contribution is 5.69. The maximum Gasteiger partial charge on any atom is 0.308 e. The standard InChI is InChI=1S/C17H30O6/c1-12(23-17(19)9-5-4-6-10-17)16-14(20-2)8-7-13(22-16)11-15(18)21-3/h12-14,16,19H,4-11H2,1-3H3/t12-,13-,14+,16-/m1/s1. The fourth-order valence-corrected chi connectivity index (χ4v) is 3.61. The molecule has 0 aromatic carbocycles. The predicted molar refractivity (Wildman–Crippen MR) is 83.9 cm³/mol. The minimum absolute atomic E-state index is 0.0916. The first-order valence-corrected chi connectivity index (χ1v) is 8.62. The maximum atomic E-state index is 11.5. The first-order chi connectivity index (χ1) is 11.0. The van der Waals surface area contributed by atoms with Gasteiger partial charge < -0.3 is 24.1 Å². The van der Waals surface area contributed by atoms with Crippen molar-refractivity contribution in [1.82, 2.24) is 0 Å². The minimum Gasteiger partial charge on any atom is -0.469 e. The zero-order chi connectivity index (χ0) is 16.9. The molecule has 6 heteroatoms. The van der Waals surface area contributed by atoms with Gasteiger partial charge in [0.1, 0.15) is 6.10 Å². The van der Waals surface area contributed by atoms with E-state index in [2.05, 4.69) is 0 Å². The van der Waals surface area contributed by atoms with Crippen LogP contribution in [0.15, 0.2) is 0 Å². The fourth-order valence-electron chi connectivity index (χ4n) is 3.61. The van der Waals surface area contributed by atoms with Crippen LogP contribution < -0.4 is 0 Å². The summed E-state index contributed by atoms with van der Waals surface area (Å²) in [6, 6.07) is 0. The van der Waals surface area contributed by atoms with Crippen LogP contribution in [0.2, 0.25) is 0 Å². The number of ether oxygens (including phenoxy) is 4. The van der Waals surface area contributed by atoms with Crippen molar-refractivity contribution in [3.8, 4) is 0 Å². The van der Waals surface area contributed by atoms with Gasteiger partial charge in [-0.25, -0.2) is 0 Å². The van der Waals surface area contributed by atoms with Crippen molar-refractivity contribution in [2.75, 3.05) is 14.2 Å². The molecular weight excluding hydrogens is 300 g/mol. The Kier molecular flexibility index (Phi) is 6.83. The normalized spacial score (nSPS) is 32.3. The molecule has 0 aromatic heterocycles. The van der Waals surface area contributed by atoms with Crippen molar-refractivity contribution in [2.24, 2.45) is 0 Å². The highest BCUT2D eigenvalue weighted by Crippen LogP contribution is 2.33. The van der Waals surface area contributed by atoms with Crippen molar-refractivity contribution >= 4 is 5.97 Å². The summed E-state index contributed by atoms with van der Waals surface area (Å²) in [5, 5.41) is 10.6. The van der Waals surface area contributed by atoms with Crippen LogP contribution in [0.5, 0.6) is 0 Å². The van der Waals surface area contributed by atoms with Crippen LogP contribution in [0.3, 0.4) is 0 Å². The largest absolute Gasteiger partial charge is 0.469 e. The van der Waals surface area contributed by atoms with Gasteiger partial charge >= 0.3 is 5.97 Å². The van der Waals surface area contributed by atoms with Crippen LogP contribution in [-0.2, 0) is 23.7 Å². The van der Waals surface area contributed by atoms with Gasteiger partial charge in [-0.1, -0.05) is 6.42 Å². The van der Waals surface area contributed by atoms with E-state index in [4.69, 9.17) is 18.9 Å². The number of methoxy groups -OCH3 is 2. The molecule has 1 saturated carbocycles. The van der Waals surface area contributed by atoms with Crippen LogP contribution in [0.25, 0.3) is 0 Å². The van der Waals surface area contributed by atoms with Gasteiger partial charge in [0.15, 0.2) is 5.79 Å². The van der Waals surface area contributed by atoms with Gasteiger partial charge in [-0.15, -0.1) is 0 Å². The number of aliphatic hydroxyl groups is 1. The number of hydrogen-bond acceptors (Lipinski definition) is 6. The molecule has 1 heterocycles. The molecule has 0 amide bonds. The third-order valence-electron chi connectivity index (χ3n) is 4.92. The van der Waals surface area contributed by atoms with Gasteiger partial charge in [-0.3, -0.25) is 4.79 Å². The fraction of sp³-hybridized carbons (Fsp3) is 0.941. The summed E-state index contributed by atoms with van der Waals surface area (Å²) in [4.78, 5) is 11.5. The van der Waals surface area contributed by atoms with E-state index in [-0.39, 0.29) is 36.8 Å². The number of carbonyl (C=O) groups is 1. The molecule has 4 atom stereocenters. The van der Waals surface area contributed by atoms with Crippen LogP contribution in [0.1, 0.15) is 58.3 Å². The first kappa shape index (κ1) is 18.6. The van der Waals surface area contributed by atoms with Crippen LogP contribution >= 0.6 is 0 Å². The van der Waals surface area contributed by atoms with E-state index in [1.807, 2.05) is 6.92 Å². The third kappa shape index (κ3) is 5.14. The lowest BCUT2D eigenvalue weighted by molar-refractivity contribution is -0.278. The van der Waals surface area contributed by atoms with Gasteiger partial charge in [-0.2, -0.15) is 0 Å². The number of hydrogen-bond donors (Lipinski definition) is 1. The minimum atomic E-state index is -1.06. The first-order valence-electron chi connectivity index (χ1n) is 8.62. The summed E-state index contributed by atoms with van der Waals surface area (Å²) in [5.74, 6) is -1.33. The molecule has 1 aliphatic heterocycles.